The lowest BCUT2D eigenvalue weighted by molar-refractivity contribution is -0.137. The average molecular weight is 351 g/mol. The van der Waals surface area contributed by atoms with Gasteiger partial charge in [0, 0.05) is 16.5 Å². The molecule has 0 aliphatic rings. The van der Waals surface area contributed by atoms with Crippen LogP contribution in [0.15, 0.2) is 60.7 Å². The summed E-state index contributed by atoms with van der Waals surface area (Å²) in [6.07, 6.45) is 3.06. The molecule has 1 heterocycles. The molecule has 0 radical (unpaired) electrons. The quantitative estimate of drug-likeness (QED) is 0.534. The molecule has 5 heteroatoms. The highest BCUT2D eigenvalue weighted by Crippen LogP contribution is 2.26. The van der Waals surface area contributed by atoms with Gasteiger partial charge in [0.2, 0.25) is 0 Å². The fourth-order valence-corrected chi connectivity index (χ4v) is 3.28. The van der Waals surface area contributed by atoms with Gasteiger partial charge in [-0.1, -0.05) is 30.3 Å². The molecular weight excluding hydrogens is 334 g/mol. The lowest BCUT2D eigenvalue weighted by Gasteiger charge is -2.03. The van der Waals surface area contributed by atoms with Gasteiger partial charge in [-0.2, -0.15) is 0 Å². The molecule has 0 unspecified atom stereocenters. The Hall–Kier alpha value is -2.92. The lowest BCUT2D eigenvalue weighted by Crippen LogP contribution is -2.09. The fourth-order valence-electron chi connectivity index (χ4n) is 2.32. The van der Waals surface area contributed by atoms with Crippen molar-refractivity contribution in [1.82, 2.24) is 0 Å². The van der Waals surface area contributed by atoms with Crippen molar-refractivity contribution in [1.29, 1.82) is 0 Å². The summed E-state index contributed by atoms with van der Waals surface area (Å²) in [6, 6.07) is 17.1. The number of amides is 1. The van der Waals surface area contributed by atoms with Crippen LogP contribution in [0.3, 0.4) is 0 Å². The number of carbonyl (C=O) groups excluding carboxylic acids is 2. The summed E-state index contributed by atoms with van der Waals surface area (Å²) < 4.78 is 5.92. The lowest BCUT2D eigenvalue weighted by atomic mass is 10.2. The third kappa shape index (κ3) is 4.33. The summed E-state index contributed by atoms with van der Waals surface area (Å²) in [4.78, 5) is 24.3. The molecule has 3 aromatic rings. The van der Waals surface area contributed by atoms with Gasteiger partial charge in [-0.05, 0) is 48.2 Å². The smallest absolute Gasteiger partial charge is 0.330 e. The van der Waals surface area contributed by atoms with Crippen LogP contribution in [0.4, 0.5) is 5.69 Å². The van der Waals surface area contributed by atoms with Gasteiger partial charge in [-0.25, -0.2) is 4.79 Å². The van der Waals surface area contributed by atoms with Crippen molar-refractivity contribution in [3.8, 4) is 0 Å². The van der Waals surface area contributed by atoms with E-state index in [1.165, 1.54) is 17.4 Å². The van der Waals surface area contributed by atoms with Gasteiger partial charge in [-0.3, -0.25) is 4.79 Å². The second kappa shape index (κ2) is 7.77. The van der Waals surface area contributed by atoms with Crippen molar-refractivity contribution in [2.75, 3.05) is 11.9 Å². The van der Waals surface area contributed by atoms with E-state index in [0.717, 1.165) is 15.6 Å². The summed E-state index contributed by atoms with van der Waals surface area (Å²) in [5, 5.41) is 3.95. The van der Waals surface area contributed by atoms with Crippen molar-refractivity contribution in [3.63, 3.8) is 0 Å². The van der Waals surface area contributed by atoms with Crippen molar-refractivity contribution in [3.05, 3.63) is 71.1 Å². The van der Waals surface area contributed by atoms with Crippen LogP contribution in [0.25, 0.3) is 16.2 Å². The minimum atomic E-state index is -0.371. The molecular formula is C20H17NO3S. The number of fused-ring (bicyclic) bond motifs is 1. The van der Waals surface area contributed by atoms with E-state index in [1.807, 2.05) is 42.5 Å². The fraction of sp³-hybridized carbons (Fsp3) is 0.100. The van der Waals surface area contributed by atoms with E-state index in [4.69, 9.17) is 4.74 Å². The number of anilines is 1. The Balaban J connectivity index is 1.66. The van der Waals surface area contributed by atoms with E-state index in [9.17, 15) is 9.59 Å². The number of hydrogen-bond acceptors (Lipinski definition) is 4. The topological polar surface area (TPSA) is 55.4 Å². The Labute approximate surface area is 149 Å². The van der Waals surface area contributed by atoms with Crippen molar-refractivity contribution in [2.24, 2.45) is 0 Å². The number of esters is 1. The molecule has 0 saturated heterocycles. The van der Waals surface area contributed by atoms with E-state index in [0.29, 0.717) is 17.2 Å². The van der Waals surface area contributed by atoms with E-state index < -0.39 is 0 Å². The third-order valence-electron chi connectivity index (χ3n) is 3.52. The number of nitrogens with one attached hydrogen (secondary N) is 1. The largest absolute Gasteiger partial charge is 0.463 e. The first-order chi connectivity index (χ1) is 12.2. The van der Waals surface area contributed by atoms with Crippen molar-refractivity contribution in [2.45, 2.75) is 6.92 Å². The molecule has 0 fully saturated rings. The van der Waals surface area contributed by atoms with Gasteiger partial charge < -0.3 is 10.1 Å². The number of thiophene rings is 1. The molecule has 1 N–H and O–H groups in total. The third-order valence-corrected chi connectivity index (χ3v) is 4.63. The van der Waals surface area contributed by atoms with Crippen LogP contribution in [-0.2, 0) is 9.53 Å². The number of carbonyl (C=O) groups is 2. The first kappa shape index (κ1) is 16.9. The Bertz CT molecular complexity index is 893. The normalized spacial score (nSPS) is 10.9. The van der Waals surface area contributed by atoms with Gasteiger partial charge in [-0.15, -0.1) is 11.3 Å². The van der Waals surface area contributed by atoms with Crippen LogP contribution in [0.2, 0.25) is 0 Å². The van der Waals surface area contributed by atoms with Gasteiger partial charge in [0.05, 0.1) is 11.5 Å². The maximum absolute atomic E-state index is 12.4. The molecule has 0 aliphatic heterocycles. The first-order valence-electron chi connectivity index (χ1n) is 7.90. The molecule has 3 rings (SSSR count). The number of benzene rings is 2. The average Bonchev–Trinajstić information content (AvgIpc) is 3.06. The first-order valence-corrected chi connectivity index (χ1v) is 8.72. The molecule has 4 nitrogen and oxygen atoms in total. The molecule has 0 aliphatic carbocycles. The number of hydrogen-bond donors (Lipinski definition) is 1. The highest BCUT2D eigenvalue weighted by Gasteiger charge is 2.10. The van der Waals surface area contributed by atoms with Gasteiger partial charge in [0.1, 0.15) is 0 Å². The maximum atomic E-state index is 12.4. The zero-order valence-corrected chi connectivity index (χ0v) is 14.5. The van der Waals surface area contributed by atoms with Crippen LogP contribution in [0.1, 0.15) is 22.2 Å². The molecule has 0 saturated carbocycles. The summed E-state index contributed by atoms with van der Waals surface area (Å²) in [5.41, 5.74) is 1.56. The van der Waals surface area contributed by atoms with Crippen LogP contribution in [-0.4, -0.2) is 18.5 Å². The second-order valence-electron chi connectivity index (χ2n) is 5.31. The summed E-state index contributed by atoms with van der Waals surface area (Å²) in [5.74, 6) is -0.499. The standard InChI is InChI=1S/C20H17NO3S/c1-2-24-19(22)12-9-14-7-10-16(11-8-14)21-20(23)18-13-15-5-3-4-6-17(15)25-18/h3-13H,2H2,1H3,(H,21,23)/b12-9+. The van der Waals surface area contributed by atoms with Crippen LogP contribution in [0, 0.1) is 0 Å². The van der Waals surface area contributed by atoms with Crippen LogP contribution < -0.4 is 5.32 Å². The molecule has 1 amide bonds. The Morgan fingerprint density at radius 3 is 2.60 bits per heavy atom. The van der Waals surface area contributed by atoms with Gasteiger partial charge in [0.25, 0.3) is 5.91 Å². The van der Waals surface area contributed by atoms with Crippen LogP contribution in [0.5, 0.6) is 0 Å². The van der Waals surface area contributed by atoms with E-state index in [1.54, 1.807) is 25.1 Å². The maximum Gasteiger partial charge on any atom is 0.330 e. The molecule has 2 aromatic carbocycles. The zero-order valence-electron chi connectivity index (χ0n) is 13.7. The molecule has 0 spiro atoms. The summed E-state index contributed by atoms with van der Waals surface area (Å²) >= 11 is 1.47. The number of rotatable bonds is 5. The predicted molar refractivity (Wildman–Crippen MR) is 102 cm³/mol. The molecule has 0 bridgehead atoms. The highest BCUT2D eigenvalue weighted by atomic mass is 32.1. The Morgan fingerprint density at radius 1 is 1.12 bits per heavy atom. The Morgan fingerprint density at radius 2 is 1.88 bits per heavy atom. The van der Waals surface area contributed by atoms with Crippen molar-refractivity contribution >= 4 is 45.1 Å². The van der Waals surface area contributed by atoms with Crippen molar-refractivity contribution < 1.29 is 14.3 Å². The van der Waals surface area contributed by atoms with E-state index in [-0.39, 0.29) is 11.9 Å². The van der Waals surface area contributed by atoms with Crippen LogP contribution >= 0.6 is 11.3 Å². The minimum absolute atomic E-state index is 0.129. The second-order valence-corrected chi connectivity index (χ2v) is 6.39. The Kier molecular flexibility index (Phi) is 5.26. The zero-order chi connectivity index (χ0) is 17.6. The molecule has 0 atom stereocenters. The molecule has 25 heavy (non-hydrogen) atoms. The summed E-state index contributed by atoms with van der Waals surface area (Å²) in [7, 11) is 0. The highest BCUT2D eigenvalue weighted by molar-refractivity contribution is 7.20. The number of ether oxygens (including phenoxy) is 1. The molecule has 126 valence electrons. The minimum Gasteiger partial charge on any atom is -0.463 e. The van der Waals surface area contributed by atoms with E-state index >= 15 is 0 Å². The van der Waals surface area contributed by atoms with Gasteiger partial charge >= 0.3 is 5.97 Å². The predicted octanol–water partition coefficient (Wildman–Crippen LogP) is 4.73. The van der Waals surface area contributed by atoms with E-state index in [2.05, 4.69) is 5.32 Å². The molecule has 1 aromatic heterocycles. The van der Waals surface area contributed by atoms with Gasteiger partial charge in [0.15, 0.2) is 0 Å². The monoisotopic (exact) mass is 351 g/mol. The summed E-state index contributed by atoms with van der Waals surface area (Å²) in [6.45, 7) is 2.12. The SMILES string of the molecule is CCOC(=O)/C=C/c1ccc(NC(=O)c2cc3ccccc3s2)cc1.